The van der Waals surface area contributed by atoms with Crippen molar-refractivity contribution in [2.45, 2.75) is 26.2 Å². The Morgan fingerprint density at radius 3 is 2.83 bits per heavy atom. The third-order valence-electron chi connectivity index (χ3n) is 3.87. The molecule has 1 heterocycles. The minimum absolute atomic E-state index is 0.437. The fourth-order valence-electron chi connectivity index (χ4n) is 2.49. The Kier molecular flexibility index (Phi) is 6.20. The molecule has 2 aromatic rings. The summed E-state index contributed by atoms with van der Waals surface area (Å²) >= 11 is 0. The van der Waals surface area contributed by atoms with Crippen LogP contribution in [0.3, 0.4) is 0 Å². The zero-order chi connectivity index (χ0) is 16.7. The molecule has 0 amide bonds. The van der Waals surface area contributed by atoms with Gasteiger partial charge in [-0.1, -0.05) is 36.8 Å². The number of rotatable bonds is 6. The third kappa shape index (κ3) is 5.43. The van der Waals surface area contributed by atoms with E-state index in [-0.39, 0.29) is 0 Å². The van der Waals surface area contributed by atoms with Gasteiger partial charge in [0, 0.05) is 33.4 Å². The van der Waals surface area contributed by atoms with Crippen molar-refractivity contribution >= 4 is 5.96 Å². The SMILES string of the molecule is CN=C(NCCc1cnn(C)c1)NCC(C)c1cccc(C)c1. The number of benzene rings is 1. The molecule has 124 valence electrons. The molecule has 0 fully saturated rings. The van der Waals surface area contributed by atoms with Crippen LogP contribution < -0.4 is 10.6 Å². The van der Waals surface area contributed by atoms with Crippen LogP contribution in [0.1, 0.15) is 29.5 Å². The molecule has 5 heteroatoms. The van der Waals surface area contributed by atoms with E-state index in [9.17, 15) is 0 Å². The van der Waals surface area contributed by atoms with Crippen LogP contribution in [-0.2, 0) is 13.5 Å². The van der Waals surface area contributed by atoms with Crippen LogP contribution in [0.15, 0.2) is 41.7 Å². The molecule has 0 aliphatic rings. The van der Waals surface area contributed by atoms with Crippen LogP contribution in [-0.4, -0.2) is 35.9 Å². The van der Waals surface area contributed by atoms with Crippen LogP contribution in [0, 0.1) is 6.92 Å². The van der Waals surface area contributed by atoms with E-state index in [0.717, 1.165) is 25.5 Å². The zero-order valence-corrected chi connectivity index (χ0v) is 14.5. The molecule has 1 atom stereocenters. The minimum atomic E-state index is 0.437. The molecule has 1 aromatic carbocycles. The van der Waals surface area contributed by atoms with Gasteiger partial charge in [0.15, 0.2) is 5.96 Å². The Bertz CT molecular complexity index is 644. The van der Waals surface area contributed by atoms with Gasteiger partial charge < -0.3 is 10.6 Å². The van der Waals surface area contributed by atoms with Crippen LogP contribution in [0.2, 0.25) is 0 Å². The minimum Gasteiger partial charge on any atom is -0.356 e. The van der Waals surface area contributed by atoms with Gasteiger partial charge in [0.25, 0.3) is 0 Å². The van der Waals surface area contributed by atoms with Crippen molar-refractivity contribution in [1.29, 1.82) is 0 Å². The quantitative estimate of drug-likeness (QED) is 0.635. The summed E-state index contributed by atoms with van der Waals surface area (Å²) in [5.74, 6) is 1.28. The third-order valence-corrected chi connectivity index (χ3v) is 3.87. The molecule has 0 radical (unpaired) electrons. The second kappa shape index (κ2) is 8.36. The van der Waals surface area contributed by atoms with Crippen LogP contribution >= 0.6 is 0 Å². The smallest absolute Gasteiger partial charge is 0.191 e. The zero-order valence-electron chi connectivity index (χ0n) is 14.5. The number of aryl methyl sites for hydroxylation is 2. The standard InChI is InChI=1S/C18H27N5/c1-14-6-5-7-17(10-14)15(2)11-21-18(19-3)20-9-8-16-12-22-23(4)13-16/h5-7,10,12-13,15H,8-9,11H2,1-4H3,(H2,19,20,21). The predicted molar refractivity (Wildman–Crippen MR) is 95.9 cm³/mol. The van der Waals surface area contributed by atoms with Gasteiger partial charge in [-0.05, 0) is 30.4 Å². The number of hydrogen-bond acceptors (Lipinski definition) is 2. The van der Waals surface area contributed by atoms with Crippen molar-refractivity contribution in [3.05, 3.63) is 53.3 Å². The summed E-state index contributed by atoms with van der Waals surface area (Å²) in [6.07, 6.45) is 4.87. The first kappa shape index (κ1) is 17.1. The first-order chi connectivity index (χ1) is 11.1. The lowest BCUT2D eigenvalue weighted by molar-refractivity contribution is 0.697. The van der Waals surface area contributed by atoms with Crippen LogP contribution in [0.4, 0.5) is 0 Å². The maximum Gasteiger partial charge on any atom is 0.191 e. The van der Waals surface area contributed by atoms with E-state index in [1.54, 1.807) is 7.05 Å². The number of aliphatic imine (C=N–C) groups is 1. The summed E-state index contributed by atoms with van der Waals surface area (Å²) in [7, 11) is 3.74. The fraction of sp³-hybridized carbons (Fsp3) is 0.444. The lowest BCUT2D eigenvalue weighted by Gasteiger charge is -2.16. The van der Waals surface area contributed by atoms with E-state index >= 15 is 0 Å². The second-order valence-corrected chi connectivity index (χ2v) is 5.97. The highest BCUT2D eigenvalue weighted by Gasteiger charge is 2.07. The molecule has 5 nitrogen and oxygen atoms in total. The Morgan fingerprint density at radius 2 is 2.17 bits per heavy atom. The Morgan fingerprint density at radius 1 is 1.35 bits per heavy atom. The predicted octanol–water partition coefficient (Wildman–Crippen LogP) is 2.24. The first-order valence-corrected chi connectivity index (χ1v) is 8.07. The summed E-state index contributed by atoms with van der Waals surface area (Å²) in [5.41, 5.74) is 3.88. The maximum absolute atomic E-state index is 4.28. The van der Waals surface area contributed by atoms with E-state index in [0.29, 0.717) is 5.92 Å². The summed E-state index contributed by atoms with van der Waals surface area (Å²) in [4.78, 5) is 4.28. The Balaban J connectivity index is 1.76. The Hall–Kier alpha value is -2.30. The van der Waals surface area contributed by atoms with Gasteiger partial charge in [0.1, 0.15) is 0 Å². The van der Waals surface area contributed by atoms with Gasteiger partial charge in [-0.25, -0.2) is 0 Å². The summed E-state index contributed by atoms with van der Waals surface area (Å²) in [6.45, 7) is 6.05. The van der Waals surface area contributed by atoms with Crippen molar-refractivity contribution < 1.29 is 0 Å². The monoisotopic (exact) mass is 313 g/mol. The molecule has 0 saturated carbocycles. The number of nitrogens with one attached hydrogen (secondary N) is 2. The number of hydrogen-bond donors (Lipinski definition) is 2. The number of aromatic nitrogens is 2. The average molecular weight is 313 g/mol. The highest BCUT2D eigenvalue weighted by Crippen LogP contribution is 2.15. The van der Waals surface area contributed by atoms with Crippen molar-refractivity contribution in [3.8, 4) is 0 Å². The lowest BCUT2D eigenvalue weighted by atomic mass is 9.99. The molecule has 23 heavy (non-hydrogen) atoms. The van der Waals surface area contributed by atoms with Crippen molar-refractivity contribution in [3.63, 3.8) is 0 Å². The van der Waals surface area contributed by atoms with Gasteiger partial charge >= 0.3 is 0 Å². The second-order valence-electron chi connectivity index (χ2n) is 5.97. The first-order valence-electron chi connectivity index (χ1n) is 8.07. The van der Waals surface area contributed by atoms with Crippen molar-refractivity contribution in [2.75, 3.05) is 20.1 Å². The highest BCUT2D eigenvalue weighted by atomic mass is 15.2. The molecule has 0 aliphatic heterocycles. The Labute approximate surface area is 138 Å². The van der Waals surface area contributed by atoms with E-state index in [1.807, 2.05) is 24.1 Å². The van der Waals surface area contributed by atoms with Crippen molar-refractivity contribution in [1.82, 2.24) is 20.4 Å². The van der Waals surface area contributed by atoms with Gasteiger partial charge in [0.2, 0.25) is 0 Å². The van der Waals surface area contributed by atoms with Crippen LogP contribution in [0.5, 0.6) is 0 Å². The topological polar surface area (TPSA) is 54.2 Å². The van der Waals surface area contributed by atoms with E-state index in [2.05, 4.69) is 58.8 Å². The van der Waals surface area contributed by atoms with Crippen LogP contribution in [0.25, 0.3) is 0 Å². The summed E-state index contributed by atoms with van der Waals surface area (Å²) in [5, 5.41) is 10.9. The molecular formula is C18H27N5. The molecule has 2 rings (SSSR count). The summed E-state index contributed by atoms with van der Waals surface area (Å²) in [6, 6.07) is 8.66. The maximum atomic E-state index is 4.28. The molecule has 1 unspecified atom stereocenters. The molecule has 0 bridgehead atoms. The largest absolute Gasteiger partial charge is 0.356 e. The van der Waals surface area contributed by atoms with Gasteiger partial charge in [-0.2, -0.15) is 5.10 Å². The molecular weight excluding hydrogens is 286 g/mol. The number of nitrogens with zero attached hydrogens (tertiary/aromatic N) is 3. The van der Waals surface area contributed by atoms with Gasteiger partial charge in [-0.15, -0.1) is 0 Å². The average Bonchev–Trinajstić information content (AvgIpc) is 2.95. The van der Waals surface area contributed by atoms with E-state index in [1.165, 1.54) is 16.7 Å². The molecule has 0 aliphatic carbocycles. The van der Waals surface area contributed by atoms with Gasteiger partial charge in [0.05, 0.1) is 6.20 Å². The van der Waals surface area contributed by atoms with Crippen molar-refractivity contribution in [2.24, 2.45) is 12.0 Å². The fourth-order valence-corrected chi connectivity index (χ4v) is 2.49. The normalized spacial score (nSPS) is 13.0. The molecule has 0 saturated heterocycles. The highest BCUT2D eigenvalue weighted by molar-refractivity contribution is 5.79. The summed E-state index contributed by atoms with van der Waals surface area (Å²) < 4.78 is 1.83. The number of guanidine groups is 1. The van der Waals surface area contributed by atoms with E-state index in [4.69, 9.17) is 0 Å². The van der Waals surface area contributed by atoms with E-state index < -0.39 is 0 Å². The molecule has 0 spiro atoms. The molecule has 1 aromatic heterocycles. The molecule has 2 N–H and O–H groups in total. The lowest BCUT2D eigenvalue weighted by Crippen LogP contribution is -2.39. The van der Waals surface area contributed by atoms with Gasteiger partial charge in [-0.3, -0.25) is 9.67 Å².